The van der Waals surface area contributed by atoms with Gasteiger partial charge >= 0.3 is 5.97 Å². The molecular weight excluding hydrogens is 381 g/mol. The Balaban J connectivity index is 1.81. The van der Waals surface area contributed by atoms with E-state index in [1.54, 1.807) is 0 Å². The van der Waals surface area contributed by atoms with Crippen LogP contribution in [0.5, 0.6) is 5.75 Å². The molecule has 0 saturated heterocycles. The van der Waals surface area contributed by atoms with Gasteiger partial charge in [-0.2, -0.15) is 0 Å². The third-order valence-electron chi connectivity index (χ3n) is 3.20. The highest BCUT2D eigenvalue weighted by molar-refractivity contribution is 5.93. The maximum atomic E-state index is 13.6. The highest BCUT2D eigenvalue weighted by Gasteiger charge is 2.15. The van der Waals surface area contributed by atoms with Gasteiger partial charge in [-0.1, -0.05) is 0 Å². The summed E-state index contributed by atoms with van der Waals surface area (Å²) in [4.78, 5) is 43.1. The molecule has 0 aliphatic heterocycles. The Morgan fingerprint density at radius 1 is 0.964 bits per heavy atom. The van der Waals surface area contributed by atoms with E-state index >= 15 is 0 Å². The van der Waals surface area contributed by atoms with Crippen LogP contribution in [0.1, 0.15) is 0 Å². The van der Waals surface area contributed by atoms with Crippen LogP contribution in [0.3, 0.4) is 0 Å². The highest BCUT2D eigenvalue weighted by Crippen LogP contribution is 2.21. The second-order valence-electron chi connectivity index (χ2n) is 5.17. The maximum Gasteiger partial charge on any atom is 0.344 e. The molecule has 28 heavy (non-hydrogen) atoms. The van der Waals surface area contributed by atoms with Crippen LogP contribution in [0.25, 0.3) is 0 Å². The molecule has 0 saturated carbocycles. The third-order valence-corrected chi connectivity index (χ3v) is 3.20. The van der Waals surface area contributed by atoms with Crippen LogP contribution in [0.4, 0.5) is 21.5 Å². The van der Waals surface area contributed by atoms with E-state index in [2.05, 4.69) is 10.1 Å². The Labute approximate surface area is 156 Å². The smallest absolute Gasteiger partial charge is 0.344 e. The molecule has 0 unspecified atom stereocenters. The van der Waals surface area contributed by atoms with Crippen molar-refractivity contribution >= 4 is 28.9 Å². The summed E-state index contributed by atoms with van der Waals surface area (Å²) in [6, 6.07) is 7.50. The lowest BCUT2D eigenvalue weighted by Gasteiger charge is -2.08. The van der Waals surface area contributed by atoms with E-state index in [-0.39, 0.29) is 11.4 Å². The van der Waals surface area contributed by atoms with Crippen LogP contribution >= 0.6 is 0 Å². The van der Waals surface area contributed by atoms with Gasteiger partial charge in [0.15, 0.2) is 13.2 Å². The van der Waals surface area contributed by atoms with E-state index in [0.717, 1.165) is 18.2 Å². The number of halogens is 1. The van der Waals surface area contributed by atoms with Gasteiger partial charge in [0.05, 0.1) is 15.5 Å². The molecule has 0 radical (unpaired) electrons. The molecule has 0 aliphatic carbocycles. The Hall–Kier alpha value is -4.09. The number of esters is 1. The number of rotatable bonds is 8. The van der Waals surface area contributed by atoms with Crippen molar-refractivity contribution in [3.8, 4) is 5.75 Å². The lowest BCUT2D eigenvalue weighted by atomic mass is 10.2. The van der Waals surface area contributed by atoms with E-state index in [9.17, 15) is 34.2 Å². The first kappa shape index (κ1) is 20.2. The molecule has 0 aromatic heterocycles. The van der Waals surface area contributed by atoms with Crippen molar-refractivity contribution in [1.82, 2.24) is 0 Å². The van der Waals surface area contributed by atoms with E-state index in [0.29, 0.717) is 0 Å². The van der Waals surface area contributed by atoms with Gasteiger partial charge in [-0.25, -0.2) is 9.18 Å². The molecule has 2 aromatic rings. The molecule has 1 N–H and O–H groups in total. The molecule has 0 fully saturated rings. The van der Waals surface area contributed by atoms with Gasteiger partial charge in [0.25, 0.3) is 17.3 Å². The SMILES string of the molecule is O=C(COC(=O)COc1ccc([N+](=O)[O-])cc1)Nc1cc([N+](=O)[O-])ccc1F. The number of carbonyl (C=O) groups excluding carboxylic acids is 2. The summed E-state index contributed by atoms with van der Waals surface area (Å²) in [7, 11) is 0. The molecule has 0 atom stereocenters. The minimum atomic E-state index is -0.923. The first-order valence-electron chi connectivity index (χ1n) is 7.53. The van der Waals surface area contributed by atoms with Crippen molar-refractivity contribution in [2.24, 2.45) is 0 Å². The molecule has 11 nitrogen and oxygen atoms in total. The summed E-state index contributed by atoms with van der Waals surface area (Å²) < 4.78 is 23.3. The molecule has 0 heterocycles. The maximum absolute atomic E-state index is 13.6. The summed E-state index contributed by atoms with van der Waals surface area (Å²) in [6.45, 7) is -1.35. The Morgan fingerprint density at radius 3 is 2.18 bits per heavy atom. The first-order valence-corrected chi connectivity index (χ1v) is 7.53. The predicted octanol–water partition coefficient (Wildman–Crippen LogP) is 2.20. The number of hydrogen-bond donors (Lipinski definition) is 1. The van der Waals surface area contributed by atoms with Gasteiger partial charge < -0.3 is 14.8 Å². The fourth-order valence-electron chi connectivity index (χ4n) is 1.90. The van der Waals surface area contributed by atoms with Crippen molar-refractivity contribution in [3.05, 3.63) is 68.5 Å². The molecule has 12 heteroatoms. The topological polar surface area (TPSA) is 151 Å². The number of nitro groups is 2. The first-order chi connectivity index (χ1) is 13.3. The van der Waals surface area contributed by atoms with Crippen LogP contribution < -0.4 is 10.1 Å². The van der Waals surface area contributed by atoms with Gasteiger partial charge in [0.2, 0.25) is 0 Å². The number of ether oxygens (including phenoxy) is 2. The van der Waals surface area contributed by atoms with Crippen LogP contribution in [0.15, 0.2) is 42.5 Å². The molecular formula is C16H12FN3O8. The number of benzene rings is 2. The average molecular weight is 393 g/mol. The molecule has 0 aliphatic rings. The number of hydrogen-bond acceptors (Lipinski definition) is 8. The van der Waals surface area contributed by atoms with Crippen molar-refractivity contribution in [2.45, 2.75) is 0 Å². The number of nitrogens with one attached hydrogen (secondary N) is 1. The zero-order valence-electron chi connectivity index (χ0n) is 14.0. The van der Waals surface area contributed by atoms with E-state index in [1.165, 1.54) is 24.3 Å². The van der Waals surface area contributed by atoms with Crippen molar-refractivity contribution in [3.63, 3.8) is 0 Å². The summed E-state index contributed by atoms with van der Waals surface area (Å²) in [5.74, 6) is -2.56. The summed E-state index contributed by atoms with van der Waals surface area (Å²) >= 11 is 0. The quantitative estimate of drug-likeness (QED) is 0.407. The molecule has 0 spiro atoms. The number of anilines is 1. The zero-order valence-corrected chi connectivity index (χ0v) is 14.0. The monoisotopic (exact) mass is 393 g/mol. The largest absolute Gasteiger partial charge is 0.482 e. The molecule has 146 valence electrons. The minimum Gasteiger partial charge on any atom is -0.482 e. The minimum absolute atomic E-state index is 0.153. The highest BCUT2D eigenvalue weighted by atomic mass is 19.1. The zero-order chi connectivity index (χ0) is 20.7. The molecule has 0 bridgehead atoms. The Kier molecular flexibility index (Phi) is 6.52. The van der Waals surface area contributed by atoms with Crippen molar-refractivity contribution in [1.29, 1.82) is 0 Å². The Bertz CT molecular complexity index is 917. The van der Waals surface area contributed by atoms with E-state index in [1.807, 2.05) is 0 Å². The van der Waals surface area contributed by atoms with Crippen molar-refractivity contribution in [2.75, 3.05) is 18.5 Å². The van der Waals surface area contributed by atoms with Gasteiger partial charge in [0, 0.05) is 24.3 Å². The molecule has 2 rings (SSSR count). The number of nitro benzene ring substituents is 2. The number of non-ortho nitro benzene ring substituents is 2. The van der Waals surface area contributed by atoms with Gasteiger partial charge in [-0.15, -0.1) is 0 Å². The van der Waals surface area contributed by atoms with Crippen LogP contribution in [-0.4, -0.2) is 34.9 Å². The van der Waals surface area contributed by atoms with E-state index < -0.39 is 52.1 Å². The van der Waals surface area contributed by atoms with Gasteiger partial charge in [0.1, 0.15) is 11.6 Å². The fraction of sp³-hybridized carbons (Fsp3) is 0.125. The number of carbonyl (C=O) groups is 2. The van der Waals surface area contributed by atoms with Crippen LogP contribution in [-0.2, 0) is 14.3 Å². The lowest BCUT2D eigenvalue weighted by molar-refractivity contribution is -0.385. The summed E-state index contributed by atoms with van der Waals surface area (Å²) in [5.41, 5.74) is -1.01. The van der Waals surface area contributed by atoms with Gasteiger partial charge in [-0.05, 0) is 18.2 Å². The third kappa shape index (κ3) is 5.72. The summed E-state index contributed by atoms with van der Waals surface area (Å²) in [6.07, 6.45) is 0. The fourth-order valence-corrected chi connectivity index (χ4v) is 1.90. The molecule has 2 aromatic carbocycles. The lowest BCUT2D eigenvalue weighted by Crippen LogP contribution is -2.24. The summed E-state index contributed by atoms with van der Waals surface area (Å²) in [5, 5.41) is 23.2. The second kappa shape index (κ2) is 9.02. The Morgan fingerprint density at radius 2 is 1.57 bits per heavy atom. The van der Waals surface area contributed by atoms with E-state index in [4.69, 9.17) is 4.74 Å². The number of amides is 1. The second-order valence-corrected chi connectivity index (χ2v) is 5.17. The predicted molar refractivity (Wildman–Crippen MR) is 91.2 cm³/mol. The average Bonchev–Trinajstić information content (AvgIpc) is 2.66. The van der Waals surface area contributed by atoms with Crippen LogP contribution in [0, 0.1) is 26.0 Å². The number of nitrogens with zero attached hydrogens (tertiary/aromatic N) is 2. The van der Waals surface area contributed by atoms with Crippen LogP contribution in [0.2, 0.25) is 0 Å². The standard InChI is InChI=1S/C16H12FN3O8/c17-13-6-3-11(20(25)26)7-14(13)18-15(21)8-28-16(22)9-27-12-4-1-10(2-5-12)19(23)24/h1-7H,8-9H2,(H,18,21). The van der Waals surface area contributed by atoms with Crippen molar-refractivity contribution < 1.29 is 33.3 Å². The normalized spacial score (nSPS) is 10.0. The molecule has 1 amide bonds. The van der Waals surface area contributed by atoms with Gasteiger partial charge in [-0.3, -0.25) is 25.0 Å².